The maximum atomic E-state index is 11.6. The van der Waals surface area contributed by atoms with Gasteiger partial charge in [-0.15, -0.1) is 11.3 Å². The van der Waals surface area contributed by atoms with Crippen molar-refractivity contribution in [1.82, 2.24) is 5.43 Å². The van der Waals surface area contributed by atoms with Gasteiger partial charge in [0.15, 0.2) is 6.61 Å². The van der Waals surface area contributed by atoms with Crippen molar-refractivity contribution in [2.24, 2.45) is 5.10 Å². The SMILES string of the molecule is O=C(COc1c(Br)cc(Br)cc1Br)N/N=C/c1cccs1. The lowest BCUT2D eigenvalue weighted by Crippen LogP contribution is -2.24. The molecule has 0 saturated carbocycles. The first kappa shape index (κ1) is 16.7. The number of nitrogens with one attached hydrogen (secondary N) is 1. The number of hydrazone groups is 1. The first-order valence-corrected chi connectivity index (χ1v) is 8.95. The molecule has 0 aliphatic rings. The van der Waals surface area contributed by atoms with Crippen LogP contribution in [-0.4, -0.2) is 18.7 Å². The van der Waals surface area contributed by atoms with Gasteiger partial charge in [0.2, 0.25) is 0 Å². The van der Waals surface area contributed by atoms with Crippen molar-refractivity contribution >= 4 is 71.2 Å². The average molecular weight is 497 g/mol. The number of ether oxygens (including phenoxy) is 1. The highest BCUT2D eigenvalue weighted by Gasteiger charge is 2.10. The number of carbonyl (C=O) groups is 1. The van der Waals surface area contributed by atoms with Crippen LogP contribution in [0.5, 0.6) is 5.75 Å². The number of nitrogens with zero attached hydrogens (tertiary/aromatic N) is 1. The minimum absolute atomic E-state index is 0.124. The Balaban J connectivity index is 1.87. The summed E-state index contributed by atoms with van der Waals surface area (Å²) in [4.78, 5) is 12.6. The Bertz CT molecular complexity index is 636. The number of benzene rings is 1. The van der Waals surface area contributed by atoms with Crippen molar-refractivity contribution in [3.63, 3.8) is 0 Å². The lowest BCUT2D eigenvalue weighted by atomic mass is 10.3. The summed E-state index contributed by atoms with van der Waals surface area (Å²) in [7, 11) is 0. The highest BCUT2D eigenvalue weighted by Crippen LogP contribution is 2.36. The molecule has 2 rings (SSSR count). The van der Waals surface area contributed by atoms with E-state index >= 15 is 0 Å². The van der Waals surface area contributed by atoms with E-state index in [0.29, 0.717) is 5.75 Å². The van der Waals surface area contributed by atoms with Crippen molar-refractivity contribution < 1.29 is 9.53 Å². The van der Waals surface area contributed by atoms with Gasteiger partial charge in [0, 0.05) is 9.35 Å². The third-order valence-electron chi connectivity index (χ3n) is 2.23. The molecule has 110 valence electrons. The number of rotatable bonds is 5. The highest BCUT2D eigenvalue weighted by molar-refractivity contribution is 9.11. The van der Waals surface area contributed by atoms with Crippen LogP contribution in [0.15, 0.2) is 48.2 Å². The van der Waals surface area contributed by atoms with Crippen molar-refractivity contribution in [2.45, 2.75) is 0 Å². The lowest BCUT2D eigenvalue weighted by Gasteiger charge is -2.09. The van der Waals surface area contributed by atoms with Gasteiger partial charge in [-0.3, -0.25) is 4.79 Å². The topological polar surface area (TPSA) is 50.7 Å². The van der Waals surface area contributed by atoms with Crippen LogP contribution in [0, 0.1) is 0 Å². The van der Waals surface area contributed by atoms with Crippen molar-refractivity contribution in [1.29, 1.82) is 0 Å². The zero-order valence-electron chi connectivity index (χ0n) is 10.5. The second-order valence-electron chi connectivity index (χ2n) is 3.80. The molecule has 4 nitrogen and oxygen atoms in total. The minimum Gasteiger partial charge on any atom is -0.481 e. The summed E-state index contributed by atoms with van der Waals surface area (Å²) in [5, 5.41) is 5.80. The third-order valence-corrected chi connectivity index (χ3v) is 4.68. The zero-order chi connectivity index (χ0) is 15.2. The molecule has 0 bridgehead atoms. The molecule has 1 aromatic heterocycles. The maximum absolute atomic E-state index is 11.6. The quantitative estimate of drug-likeness (QED) is 0.487. The van der Waals surface area contributed by atoms with Gasteiger partial charge in [0.1, 0.15) is 5.75 Å². The van der Waals surface area contributed by atoms with E-state index in [1.807, 2.05) is 29.6 Å². The van der Waals surface area contributed by atoms with Crippen LogP contribution in [0.1, 0.15) is 4.88 Å². The average Bonchev–Trinajstić information content (AvgIpc) is 2.90. The van der Waals surface area contributed by atoms with Gasteiger partial charge in [-0.25, -0.2) is 5.43 Å². The molecule has 2 aromatic rings. The number of halogens is 3. The van der Waals surface area contributed by atoms with Crippen LogP contribution in [0.3, 0.4) is 0 Å². The Morgan fingerprint density at radius 3 is 2.67 bits per heavy atom. The van der Waals surface area contributed by atoms with Crippen molar-refractivity contribution in [3.8, 4) is 5.75 Å². The molecule has 0 atom stereocenters. The predicted molar refractivity (Wildman–Crippen MR) is 95.1 cm³/mol. The molecule has 0 unspecified atom stereocenters. The van der Waals surface area contributed by atoms with Gasteiger partial charge in [-0.1, -0.05) is 22.0 Å². The van der Waals surface area contributed by atoms with Gasteiger partial charge in [0.25, 0.3) is 5.91 Å². The van der Waals surface area contributed by atoms with E-state index in [1.54, 1.807) is 17.6 Å². The summed E-state index contributed by atoms with van der Waals surface area (Å²) in [6, 6.07) is 7.51. The Kier molecular flexibility index (Phi) is 6.40. The second-order valence-corrected chi connectivity index (χ2v) is 7.40. The first-order chi connectivity index (χ1) is 10.1. The molecule has 1 N–H and O–H groups in total. The smallest absolute Gasteiger partial charge is 0.277 e. The van der Waals surface area contributed by atoms with Gasteiger partial charge < -0.3 is 4.74 Å². The molecular weight excluding hydrogens is 488 g/mol. The van der Waals surface area contributed by atoms with Crippen molar-refractivity contribution in [2.75, 3.05) is 6.61 Å². The summed E-state index contributed by atoms with van der Waals surface area (Å²) < 4.78 is 7.87. The fourth-order valence-corrected chi connectivity index (χ4v) is 4.44. The normalized spacial score (nSPS) is 10.8. The van der Waals surface area contributed by atoms with Crippen LogP contribution in [0.4, 0.5) is 0 Å². The fourth-order valence-electron chi connectivity index (χ4n) is 1.37. The molecule has 0 aliphatic heterocycles. The minimum atomic E-state index is -0.329. The molecule has 0 radical (unpaired) electrons. The van der Waals surface area contributed by atoms with E-state index in [0.717, 1.165) is 18.3 Å². The molecule has 0 aliphatic carbocycles. The van der Waals surface area contributed by atoms with Gasteiger partial charge in [0.05, 0.1) is 15.2 Å². The number of thiophene rings is 1. The molecule has 8 heteroatoms. The number of amides is 1. The monoisotopic (exact) mass is 494 g/mol. The van der Waals surface area contributed by atoms with Crippen LogP contribution in [0.2, 0.25) is 0 Å². The van der Waals surface area contributed by atoms with E-state index in [9.17, 15) is 4.79 Å². The van der Waals surface area contributed by atoms with Gasteiger partial charge >= 0.3 is 0 Å². The largest absolute Gasteiger partial charge is 0.481 e. The molecular formula is C13H9Br3N2O2S. The van der Waals surface area contributed by atoms with Crippen LogP contribution < -0.4 is 10.2 Å². The Hall–Kier alpha value is -0.700. The summed E-state index contributed by atoms with van der Waals surface area (Å²) in [6.07, 6.45) is 1.59. The van der Waals surface area contributed by atoms with E-state index < -0.39 is 0 Å². The predicted octanol–water partition coefficient (Wildman–Crippen LogP) is 4.56. The van der Waals surface area contributed by atoms with E-state index in [1.165, 1.54) is 0 Å². The van der Waals surface area contributed by atoms with Gasteiger partial charge in [-0.05, 0) is 55.4 Å². The molecule has 1 amide bonds. The van der Waals surface area contributed by atoms with Crippen LogP contribution in [0.25, 0.3) is 0 Å². The molecule has 1 aromatic carbocycles. The van der Waals surface area contributed by atoms with Crippen LogP contribution in [-0.2, 0) is 4.79 Å². The first-order valence-electron chi connectivity index (χ1n) is 5.69. The standard InChI is InChI=1S/C13H9Br3N2O2S/c14-8-4-10(15)13(11(16)5-8)20-7-12(19)18-17-6-9-2-1-3-21-9/h1-6H,7H2,(H,18,19)/b17-6+. The fraction of sp³-hybridized carbons (Fsp3) is 0.0769. The molecule has 1 heterocycles. The number of hydrogen-bond acceptors (Lipinski definition) is 4. The third kappa shape index (κ3) is 5.21. The Labute approximate surface area is 151 Å². The summed E-state index contributed by atoms with van der Waals surface area (Å²) in [6.45, 7) is -0.124. The summed E-state index contributed by atoms with van der Waals surface area (Å²) >= 11 is 11.7. The summed E-state index contributed by atoms with van der Waals surface area (Å²) in [5.74, 6) is 0.236. The number of hydrogen-bond donors (Lipinski definition) is 1. The molecule has 21 heavy (non-hydrogen) atoms. The molecule has 0 saturated heterocycles. The molecule has 0 spiro atoms. The Morgan fingerprint density at radius 1 is 1.33 bits per heavy atom. The number of carbonyl (C=O) groups excluding carboxylic acids is 1. The highest BCUT2D eigenvalue weighted by atomic mass is 79.9. The molecule has 0 fully saturated rings. The van der Waals surface area contributed by atoms with E-state index in [4.69, 9.17) is 4.74 Å². The lowest BCUT2D eigenvalue weighted by molar-refractivity contribution is -0.123. The van der Waals surface area contributed by atoms with Crippen molar-refractivity contribution in [3.05, 3.63) is 47.9 Å². The zero-order valence-corrected chi connectivity index (χ0v) is 16.1. The maximum Gasteiger partial charge on any atom is 0.277 e. The Morgan fingerprint density at radius 2 is 2.05 bits per heavy atom. The second kappa shape index (κ2) is 8.07. The van der Waals surface area contributed by atoms with Gasteiger partial charge in [-0.2, -0.15) is 5.10 Å². The van der Waals surface area contributed by atoms with Crippen LogP contribution >= 0.6 is 59.1 Å². The summed E-state index contributed by atoms with van der Waals surface area (Å²) in [5.41, 5.74) is 2.41. The van der Waals surface area contributed by atoms with E-state index in [-0.39, 0.29) is 12.5 Å². The van der Waals surface area contributed by atoms with E-state index in [2.05, 4.69) is 58.3 Å².